The first-order chi connectivity index (χ1) is 9.24. The molecule has 1 amide bonds. The van der Waals surface area contributed by atoms with Crippen molar-refractivity contribution in [3.63, 3.8) is 0 Å². The van der Waals surface area contributed by atoms with Crippen LogP contribution in [0, 0.1) is 5.92 Å². The number of anilines is 1. The Morgan fingerprint density at radius 3 is 3.11 bits per heavy atom. The first-order valence-corrected chi connectivity index (χ1v) is 7.07. The van der Waals surface area contributed by atoms with Gasteiger partial charge in [-0.05, 0) is 55.4 Å². The quantitative estimate of drug-likeness (QED) is 0.769. The van der Waals surface area contributed by atoms with E-state index in [0.717, 1.165) is 37.9 Å². The molecule has 0 saturated heterocycles. The van der Waals surface area contributed by atoms with E-state index >= 15 is 0 Å². The molecule has 0 bridgehead atoms. The zero-order valence-electron chi connectivity index (χ0n) is 11.0. The highest BCUT2D eigenvalue weighted by molar-refractivity contribution is 5.95. The summed E-state index contributed by atoms with van der Waals surface area (Å²) in [6.07, 6.45) is 3.92. The number of carbonyl (C=O) groups is 1. The highest BCUT2D eigenvalue weighted by Crippen LogP contribution is 2.32. The van der Waals surface area contributed by atoms with Gasteiger partial charge in [0.1, 0.15) is 0 Å². The van der Waals surface area contributed by atoms with Gasteiger partial charge in [0.05, 0.1) is 6.10 Å². The molecule has 1 aliphatic heterocycles. The second kappa shape index (κ2) is 5.21. The number of nitrogens with one attached hydrogen (secondary N) is 2. The van der Waals surface area contributed by atoms with Crippen molar-refractivity contribution < 1.29 is 9.90 Å². The number of aryl methyl sites for hydroxylation is 1. The highest BCUT2D eigenvalue weighted by atomic mass is 16.3. The van der Waals surface area contributed by atoms with E-state index in [2.05, 4.69) is 10.6 Å². The minimum atomic E-state index is -0.386. The maximum atomic E-state index is 12.0. The highest BCUT2D eigenvalue weighted by Gasteiger charge is 2.29. The van der Waals surface area contributed by atoms with Crippen LogP contribution < -0.4 is 10.6 Å². The van der Waals surface area contributed by atoms with Gasteiger partial charge in [0.15, 0.2) is 0 Å². The standard InChI is InChI=1S/C15H20N2O2/c18-14(10-3-4-10)9-17-15(19)12-5-6-13-11(8-12)2-1-7-16-13/h5-6,8,10,14,16,18H,1-4,7,9H2,(H,17,19). The number of hydrogen-bond donors (Lipinski definition) is 3. The molecular weight excluding hydrogens is 240 g/mol. The number of aliphatic hydroxyl groups is 1. The van der Waals surface area contributed by atoms with Crippen molar-refractivity contribution in [3.8, 4) is 0 Å². The van der Waals surface area contributed by atoms with Crippen LogP contribution in [0.4, 0.5) is 5.69 Å². The molecule has 4 nitrogen and oxygen atoms in total. The van der Waals surface area contributed by atoms with Crippen LogP contribution in [0.2, 0.25) is 0 Å². The van der Waals surface area contributed by atoms with Gasteiger partial charge in [-0.3, -0.25) is 4.79 Å². The molecular formula is C15H20N2O2. The minimum Gasteiger partial charge on any atom is -0.391 e. The maximum Gasteiger partial charge on any atom is 0.251 e. The van der Waals surface area contributed by atoms with Gasteiger partial charge in [-0.2, -0.15) is 0 Å². The number of carbonyl (C=O) groups excluding carboxylic acids is 1. The number of hydrogen-bond acceptors (Lipinski definition) is 3. The fourth-order valence-electron chi connectivity index (χ4n) is 2.56. The average Bonchev–Trinajstić information content (AvgIpc) is 3.28. The molecule has 1 fully saturated rings. The normalized spacial score (nSPS) is 19.2. The second-order valence-corrected chi connectivity index (χ2v) is 5.52. The van der Waals surface area contributed by atoms with Crippen molar-refractivity contribution >= 4 is 11.6 Å². The Morgan fingerprint density at radius 1 is 1.47 bits per heavy atom. The van der Waals surface area contributed by atoms with E-state index in [1.165, 1.54) is 5.56 Å². The number of benzene rings is 1. The Balaban J connectivity index is 1.62. The summed E-state index contributed by atoms with van der Waals surface area (Å²) in [5, 5.41) is 15.9. The molecule has 1 saturated carbocycles. The van der Waals surface area contributed by atoms with Gasteiger partial charge in [0.2, 0.25) is 0 Å². The molecule has 3 N–H and O–H groups in total. The van der Waals surface area contributed by atoms with Crippen LogP contribution >= 0.6 is 0 Å². The molecule has 2 aliphatic rings. The molecule has 0 radical (unpaired) electrons. The third-order valence-corrected chi connectivity index (χ3v) is 3.94. The van der Waals surface area contributed by atoms with E-state index in [4.69, 9.17) is 0 Å². The number of rotatable bonds is 4. The fraction of sp³-hybridized carbons (Fsp3) is 0.533. The molecule has 1 aromatic carbocycles. The van der Waals surface area contributed by atoms with Gasteiger partial charge in [-0.25, -0.2) is 0 Å². The predicted octanol–water partition coefficient (Wildman–Crippen LogP) is 1.55. The summed E-state index contributed by atoms with van der Waals surface area (Å²) in [5.74, 6) is 0.307. The van der Waals surface area contributed by atoms with Crippen molar-refractivity contribution in [2.24, 2.45) is 5.92 Å². The molecule has 3 rings (SSSR count). The summed E-state index contributed by atoms with van der Waals surface area (Å²) in [4.78, 5) is 12.0. The van der Waals surface area contributed by atoms with E-state index in [9.17, 15) is 9.90 Å². The van der Waals surface area contributed by atoms with Crippen LogP contribution in [0.15, 0.2) is 18.2 Å². The molecule has 1 aliphatic carbocycles. The van der Waals surface area contributed by atoms with Gasteiger partial charge >= 0.3 is 0 Å². The third kappa shape index (κ3) is 2.89. The Labute approximate surface area is 113 Å². The van der Waals surface area contributed by atoms with Gasteiger partial charge in [-0.1, -0.05) is 0 Å². The number of fused-ring (bicyclic) bond motifs is 1. The summed E-state index contributed by atoms with van der Waals surface area (Å²) in [7, 11) is 0. The zero-order chi connectivity index (χ0) is 13.2. The molecule has 19 heavy (non-hydrogen) atoms. The van der Waals surface area contributed by atoms with E-state index in [1.807, 2.05) is 18.2 Å². The van der Waals surface area contributed by atoms with Crippen LogP contribution in [0.1, 0.15) is 35.2 Å². The molecule has 4 heteroatoms. The summed E-state index contributed by atoms with van der Waals surface area (Å²) in [6.45, 7) is 1.37. The molecule has 1 aromatic rings. The Kier molecular flexibility index (Phi) is 3.42. The Hall–Kier alpha value is -1.55. The van der Waals surface area contributed by atoms with Gasteiger partial charge in [-0.15, -0.1) is 0 Å². The van der Waals surface area contributed by atoms with Crippen LogP contribution in [0.25, 0.3) is 0 Å². The lowest BCUT2D eigenvalue weighted by Crippen LogP contribution is -2.33. The zero-order valence-corrected chi connectivity index (χ0v) is 11.0. The summed E-state index contributed by atoms with van der Waals surface area (Å²) in [6, 6.07) is 5.77. The largest absolute Gasteiger partial charge is 0.391 e. The summed E-state index contributed by atoms with van der Waals surface area (Å²) < 4.78 is 0. The van der Waals surface area contributed by atoms with Crippen LogP contribution in [0.3, 0.4) is 0 Å². The van der Waals surface area contributed by atoms with Crippen LogP contribution in [0.5, 0.6) is 0 Å². The van der Waals surface area contributed by atoms with E-state index in [0.29, 0.717) is 18.0 Å². The molecule has 102 valence electrons. The first-order valence-electron chi connectivity index (χ1n) is 7.07. The van der Waals surface area contributed by atoms with E-state index < -0.39 is 0 Å². The average molecular weight is 260 g/mol. The van der Waals surface area contributed by atoms with Gasteiger partial charge < -0.3 is 15.7 Å². The Bertz CT molecular complexity index is 483. The van der Waals surface area contributed by atoms with Crippen LogP contribution in [-0.4, -0.2) is 30.2 Å². The molecule has 1 heterocycles. The number of aliphatic hydroxyl groups excluding tert-OH is 1. The lowest BCUT2D eigenvalue weighted by Gasteiger charge is -2.18. The van der Waals surface area contributed by atoms with Crippen molar-refractivity contribution in [2.45, 2.75) is 31.8 Å². The van der Waals surface area contributed by atoms with Crippen molar-refractivity contribution in [1.82, 2.24) is 5.32 Å². The van der Waals surface area contributed by atoms with Crippen LogP contribution in [-0.2, 0) is 6.42 Å². The number of amides is 1. The smallest absolute Gasteiger partial charge is 0.251 e. The first kappa shape index (κ1) is 12.5. The maximum absolute atomic E-state index is 12.0. The minimum absolute atomic E-state index is 0.0897. The topological polar surface area (TPSA) is 61.4 Å². The van der Waals surface area contributed by atoms with E-state index in [1.54, 1.807) is 0 Å². The lowest BCUT2D eigenvalue weighted by atomic mass is 10.0. The lowest BCUT2D eigenvalue weighted by molar-refractivity contribution is 0.0901. The monoisotopic (exact) mass is 260 g/mol. The van der Waals surface area contributed by atoms with Gasteiger partial charge in [0.25, 0.3) is 5.91 Å². The van der Waals surface area contributed by atoms with Crippen molar-refractivity contribution in [1.29, 1.82) is 0 Å². The summed E-state index contributed by atoms with van der Waals surface area (Å²) >= 11 is 0. The molecule has 0 aromatic heterocycles. The third-order valence-electron chi connectivity index (χ3n) is 3.94. The SMILES string of the molecule is O=C(NCC(O)C1CC1)c1ccc2c(c1)CCCN2. The summed E-state index contributed by atoms with van der Waals surface area (Å²) in [5.41, 5.74) is 3.04. The molecule has 0 spiro atoms. The fourth-order valence-corrected chi connectivity index (χ4v) is 2.56. The van der Waals surface area contributed by atoms with E-state index in [-0.39, 0.29) is 12.0 Å². The van der Waals surface area contributed by atoms with Crippen molar-refractivity contribution in [2.75, 3.05) is 18.4 Å². The molecule has 1 unspecified atom stereocenters. The van der Waals surface area contributed by atoms with Gasteiger partial charge in [0, 0.05) is 24.3 Å². The predicted molar refractivity (Wildman–Crippen MR) is 74.3 cm³/mol. The van der Waals surface area contributed by atoms with Crippen molar-refractivity contribution in [3.05, 3.63) is 29.3 Å². The molecule has 1 atom stereocenters. The second-order valence-electron chi connectivity index (χ2n) is 5.52. The Morgan fingerprint density at radius 2 is 2.32 bits per heavy atom.